The standard InChI is InChI=1S/C53H52NP/c1-36-20-17-21-37(2)49(36)51(42-28-13-7-14-29-42)45-32-19-33-46(52(43-30-15-8-16-31-43)50-38(3)22-18-23-39(50)4)53(45)55-47(40-24-9-5-10-25-40)34-44(54)35-48(55)41-26-11-6-12-27-41/h5-33,44,47-48,51-52H,34-35,54H2,1-4H3. The Morgan fingerprint density at radius 1 is 0.418 bits per heavy atom. The first-order chi connectivity index (χ1) is 26.9. The molecule has 1 aliphatic rings. The Hall–Kier alpha value is -5.07. The van der Waals surface area contributed by atoms with Crippen molar-refractivity contribution >= 4 is 13.2 Å². The van der Waals surface area contributed by atoms with Gasteiger partial charge < -0.3 is 5.73 Å². The van der Waals surface area contributed by atoms with Crippen LogP contribution in [-0.4, -0.2) is 6.04 Å². The van der Waals surface area contributed by atoms with Gasteiger partial charge in [-0.2, -0.15) is 0 Å². The maximum atomic E-state index is 7.18. The molecule has 4 unspecified atom stereocenters. The molecule has 1 heterocycles. The van der Waals surface area contributed by atoms with E-state index >= 15 is 0 Å². The van der Waals surface area contributed by atoms with Gasteiger partial charge in [0.1, 0.15) is 0 Å². The van der Waals surface area contributed by atoms with Crippen LogP contribution in [0.3, 0.4) is 0 Å². The van der Waals surface area contributed by atoms with Crippen molar-refractivity contribution in [1.82, 2.24) is 0 Å². The van der Waals surface area contributed by atoms with Gasteiger partial charge in [-0.3, -0.25) is 0 Å². The van der Waals surface area contributed by atoms with Gasteiger partial charge in [-0.15, -0.1) is 0 Å². The molecular formula is C53H52NP. The number of aryl methyl sites for hydroxylation is 4. The van der Waals surface area contributed by atoms with Crippen molar-refractivity contribution in [2.24, 2.45) is 5.73 Å². The molecule has 274 valence electrons. The van der Waals surface area contributed by atoms with E-state index in [0.717, 1.165) is 12.8 Å². The van der Waals surface area contributed by atoms with Crippen LogP contribution < -0.4 is 11.0 Å². The summed E-state index contributed by atoms with van der Waals surface area (Å²) in [6.45, 7) is 9.21. The highest BCUT2D eigenvalue weighted by Gasteiger charge is 2.43. The molecule has 2 heteroatoms. The third kappa shape index (κ3) is 7.37. The van der Waals surface area contributed by atoms with Crippen molar-refractivity contribution in [2.75, 3.05) is 0 Å². The minimum atomic E-state index is -0.859. The molecule has 1 nitrogen and oxygen atoms in total. The molecule has 0 aromatic heterocycles. The topological polar surface area (TPSA) is 26.0 Å². The summed E-state index contributed by atoms with van der Waals surface area (Å²) in [5.41, 5.74) is 24.2. The maximum Gasteiger partial charge on any atom is 0.0351 e. The summed E-state index contributed by atoms with van der Waals surface area (Å²) >= 11 is 0. The molecular weight excluding hydrogens is 682 g/mol. The van der Waals surface area contributed by atoms with Gasteiger partial charge in [-0.05, 0) is 113 Å². The fraction of sp³-hybridized carbons (Fsp3) is 0.208. The van der Waals surface area contributed by atoms with E-state index < -0.39 is 7.92 Å². The summed E-state index contributed by atoms with van der Waals surface area (Å²) in [5.74, 6) is 0.107. The summed E-state index contributed by atoms with van der Waals surface area (Å²) in [7, 11) is -0.859. The van der Waals surface area contributed by atoms with Gasteiger partial charge in [0, 0.05) is 29.2 Å². The molecule has 7 aromatic carbocycles. The quantitative estimate of drug-likeness (QED) is 0.116. The van der Waals surface area contributed by atoms with Crippen LogP contribution in [-0.2, 0) is 0 Å². The van der Waals surface area contributed by atoms with Crippen molar-refractivity contribution in [3.8, 4) is 0 Å². The zero-order valence-electron chi connectivity index (χ0n) is 32.6. The van der Waals surface area contributed by atoms with Gasteiger partial charge in [-0.25, -0.2) is 0 Å². The van der Waals surface area contributed by atoms with Gasteiger partial charge in [0.05, 0.1) is 0 Å². The van der Waals surface area contributed by atoms with Crippen LogP contribution in [0.1, 0.15) is 103 Å². The second-order valence-corrected chi connectivity index (χ2v) is 18.1. The van der Waals surface area contributed by atoms with E-state index in [0.29, 0.717) is 0 Å². The van der Waals surface area contributed by atoms with E-state index in [1.165, 1.54) is 66.8 Å². The van der Waals surface area contributed by atoms with Gasteiger partial charge in [0.2, 0.25) is 0 Å². The van der Waals surface area contributed by atoms with Crippen LogP contribution in [0.5, 0.6) is 0 Å². The van der Waals surface area contributed by atoms with E-state index in [2.05, 4.69) is 204 Å². The molecule has 1 aliphatic heterocycles. The SMILES string of the molecule is Cc1cccc(C)c1C(c1ccccc1)c1cccc(C(c2ccccc2)c2c(C)cccc2C)c1P1C(c2ccccc2)CC(N)CC1c1ccccc1. The third-order valence-electron chi connectivity index (χ3n) is 12.0. The van der Waals surface area contributed by atoms with Crippen LogP contribution in [0.2, 0.25) is 0 Å². The average molecular weight is 734 g/mol. The lowest BCUT2D eigenvalue weighted by Gasteiger charge is -2.45. The van der Waals surface area contributed by atoms with Crippen LogP contribution in [0.4, 0.5) is 0 Å². The highest BCUT2D eigenvalue weighted by molar-refractivity contribution is 7.66. The van der Waals surface area contributed by atoms with Crippen LogP contribution in [0, 0.1) is 27.7 Å². The summed E-state index contributed by atoms with van der Waals surface area (Å²) in [6, 6.07) is 66.3. The molecule has 1 fully saturated rings. The van der Waals surface area contributed by atoms with Gasteiger partial charge in [0.25, 0.3) is 0 Å². The largest absolute Gasteiger partial charge is 0.328 e. The van der Waals surface area contributed by atoms with Crippen molar-refractivity contribution < 1.29 is 0 Å². The maximum absolute atomic E-state index is 7.18. The number of hydrogen-bond donors (Lipinski definition) is 1. The lowest BCUT2D eigenvalue weighted by Crippen LogP contribution is -2.35. The molecule has 8 rings (SSSR count). The Labute approximate surface area is 330 Å². The highest BCUT2D eigenvalue weighted by atomic mass is 31.1. The molecule has 0 bridgehead atoms. The summed E-state index contributed by atoms with van der Waals surface area (Å²) in [4.78, 5) is 0. The van der Waals surface area contributed by atoms with Crippen molar-refractivity contribution in [3.63, 3.8) is 0 Å². The second kappa shape index (κ2) is 16.3. The first-order valence-corrected chi connectivity index (χ1v) is 21.4. The molecule has 7 aromatic rings. The highest BCUT2D eigenvalue weighted by Crippen LogP contribution is 2.68. The minimum absolute atomic E-state index is 0.0534. The predicted molar refractivity (Wildman–Crippen MR) is 235 cm³/mol. The monoisotopic (exact) mass is 733 g/mol. The molecule has 0 saturated carbocycles. The fourth-order valence-corrected chi connectivity index (χ4v) is 13.6. The molecule has 4 atom stereocenters. The first-order valence-electron chi connectivity index (χ1n) is 19.9. The summed E-state index contributed by atoms with van der Waals surface area (Å²) < 4.78 is 0. The number of benzene rings is 7. The second-order valence-electron chi connectivity index (χ2n) is 15.6. The van der Waals surface area contributed by atoms with E-state index in [9.17, 15) is 0 Å². The Morgan fingerprint density at radius 2 is 0.745 bits per heavy atom. The van der Waals surface area contributed by atoms with Crippen molar-refractivity contribution in [1.29, 1.82) is 0 Å². The Kier molecular flexibility index (Phi) is 11.0. The predicted octanol–water partition coefficient (Wildman–Crippen LogP) is 13.0. The number of hydrogen-bond acceptors (Lipinski definition) is 1. The third-order valence-corrected chi connectivity index (χ3v) is 15.4. The summed E-state index contributed by atoms with van der Waals surface area (Å²) in [5, 5.41) is 1.54. The zero-order chi connectivity index (χ0) is 37.9. The summed E-state index contributed by atoms with van der Waals surface area (Å²) in [6.07, 6.45) is 1.93. The Bertz CT molecular complexity index is 2150. The lowest BCUT2D eigenvalue weighted by atomic mass is 9.77. The molecule has 0 radical (unpaired) electrons. The lowest BCUT2D eigenvalue weighted by molar-refractivity contribution is 0.524. The van der Waals surface area contributed by atoms with Crippen molar-refractivity contribution in [3.05, 3.63) is 243 Å². The van der Waals surface area contributed by atoms with Crippen molar-refractivity contribution in [2.45, 2.75) is 69.7 Å². The van der Waals surface area contributed by atoms with E-state index in [1.807, 2.05) is 0 Å². The van der Waals surface area contributed by atoms with Gasteiger partial charge in [0.15, 0.2) is 0 Å². The fourth-order valence-electron chi connectivity index (χ4n) is 9.57. The molecule has 2 N–H and O–H groups in total. The average Bonchev–Trinajstić information content (AvgIpc) is 3.22. The van der Waals surface area contributed by atoms with E-state index in [4.69, 9.17) is 5.73 Å². The molecule has 0 spiro atoms. The van der Waals surface area contributed by atoms with E-state index in [1.54, 1.807) is 5.30 Å². The smallest absolute Gasteiger partial charge is 0.0351 e. The van der Waals surface area contributed by atoms with Crippen LogP contribution in [0.15, 0.2) is 176 Å². The van der Waals surface area contributed by atoms with Crippen LogP contribution >= 0.6 is 7.92 Å². The molecule has 55 heavy (non-hydrogen) atoms. The zero-order valence-corrected chi connectivity index (χ0v) is 33.5. The first kappa shape index (κ1) is 36.9. The number of nitrogens with two attached hydrogens (primary N) is 1. The molecule has 1 saturated heterocycles. The minimum Gasteiger partial charge on any atom is -0.328 e. The normalized spacial score (nSPS) is 19.4. The van der Waals surface area contributed by atoms with Crippen LogP contribution in [0.25, 0.3) is 0 Å². The molecule has 0 amide bonds. The van der Waals surface area contributed by atoms with Gasteiger partial charge in [-0.1, -0.05) is 184 Å². The van der Waals surface area contributed by atoms with E-state index in [-0.39, 0.29) is 29.2 Å². The number of rotatable bonds is 9. The van der Waals surface area contributed by atoms with Gasteiger partial charge >= 0.3 is 0 Å². The molecule has 0 aliphatic carbocycles. The Balaban J connectivity index is 1.53. The Morgan fingerprint density at radius 3 is 1.11 bits per heavy atom.